The smallest absolute Gasteiger partial charge is 0.318 e. The number of nitrogens with zero attached hydrogens (tertiary/aromatic N) is 1. The molecular formula is C23H25Cl2N5O4. The Morgan fingerprint density at radius 3 is 2.71 bits per heavy atom. The molecule has 1 aliphatic rings. The fraction of sp³-hybridized carbons (Fsp3) is 0.261. The monoisotopic (exact) mass is 505 g/mol. The molecule has 0 spiro atoms. The number of carboxylic acid groups (broad SMARTS) is 1. The summed E-state index contributed by atoms with van der Waals surface area (Å²) in [6.45, 7) is 1.47. The predicted octanol–water partition coefficient (Wildman–Crippen LogP) is 3.73. The van der Waals surface area contributed by atoms with Gasteiger partial charge in [0.2, 0.25) is 5.91 Å². The first kappa shape index (κ1) is 25.4. The number of anilines is 1. The third-order valence-corrected chi connectivity index (χ3v) is 5.91. The van der Waals surface area contributed by atoms with Crippen molar-refractivity contribution in [2.75, 3.05) is 18.4 Å². The van der Waals surface area contributed by atoms with E-state index in [0.29, 0.717) is 35.4 Å². The molecule has 2 aromatic carbocycles. The molecular weight excluding hydrogens is 481 g/mol. The molecule has 0 saturated heterocycles. The van der Waals surface area contributed by atoms with E-state index in [4.69, 9.17) is 38.8 Å². The molecule has 3 amide bonds. The third-order valence-electron chi connectivity index (χ3n) is 5.34. The van der Waals surface area contributed by atoms with E-state index in [1.165, 1.54) is 5.56 Å². The van der Waals surface area contributed by atoms with E-state index in [2.05, 4.69) is 15.6 Å². The van der Waals surface area contributed by atoms with Crippen molar-refractivity contribution in [3.8, 4) is 0 Å². The maximum atomic E-state index is 12.7. The number of halogens is 2. The van der Waals surface area contributed by atoms with Crippen LogP contribution in [-0.4, -0.2) is 46.5 Å². The lowest BCUT2D eigenvalue weighted by molar-refractivity contribution is -0.123. The summed E-state index contributed by atoms with van der Waals surface area (Å²) < 4.78 is 0. The Balaban J connectivity index is 0.00000103. The number of carbonyl (C=O) groups is 3. The molecule has 4 rings (SSSR count). The van der Waals surface area contributed by atoms with Gasteiger partial charge in [-0.15, -0.1) is 0 Å². The molecule has 0 bridgehead atoms. The van der Waals surface area contributed by atoms with Crippen molar-refractivity contribution in [3.05, 3.63) is 63.3 Å². The summed E-state index contributed by atoms with van der Waals surface area (Å²) >= 11 is 12.3. The molecule has 180 valence electrons. The van der Waals surface area contributed by atoms with Crippen molar-refractivity contribution in [3.63, 3.8) is 0 Å². The minimum Gasteiger partial charge on any atom is -0.483 e. The van der Waals surface area contributed by atoms with E-state index in [9.17, 15) is 9.59 Å². The molecule has 1 aliphatic heterocycles. The summed E-state index contributed by atoms with van der Waals surface area (Å²) in [4.78, 5) is 38.1. The number of nitrogens with two attached hydrogens (primary N) is 1. The summed E-state index contributed by atoms with van der Waals surface area (Å²) in [7, 11) is 0. The van der Waals surface area contributed by atoms with Crippen LogP contribution in [0.5, 0.6) is 0 Å². The second kappa shape index (κ2) is 11.7. The fourth-order valence-corrected chi connectivity index (χ4v) is 4.13. The van der Waals surface area contributed by atoms with E-state index in [0.717, 1.165) is 28.6 Å². The van der Waals surface area contributed by atoms with E-state index in [1.54, 1.807) is 17.0 Å². The Hall–Kier alpha value is -3.27. The normalized spacial score (nSPS) is 12.4. The molecule has 6 N–H and O–H groups in total. The lowest BCUT2D eigenvalue weighted by atomic mass is 10.0. The maximum Gasteiger partial charge on any atom is 0.318 e. The highest BCUT2D eigenvalue weighted by molar-refractivity contribution is 6.33. The number of aromatic nitrogens is 1. The van der Waals surface area contributed by atoms with Gasteiger partial charge in [0.05, 0.1) is 17.3 Å². The van der Waals surface area contributed by atoms with Gasteiger partial charge >= 0.3 is 6.03 Å². The summed E-state index contributed by atoms with van der Waals surface area (Å²) in [6.07, 6.45) is 0.982. The van der Waals surface area contributed by atoms with Gasteiger partial charge in [0.25, 0.3) is 6.47 Å². The standard InChI is InChI=1S/C22H23Cl2N5O2.CH2O2/c23-14-2-4-18-16(10-14)15-6-8-29(12-20(15)27-18)22(31)26-11-13-1-3-17(24)19(9-13)28-21(30)5-7-25;2-1-3/h1-4,9-10,27H,5-8,11-12,25H2,(H,26,31)(H,28,30);1H,(H,2,3). The van der Waals surface area contributed by atoms with Gasteiger partial charge in [0.1, 0.15) is 0 Å². The second-order valence-electron chi connectivity index (χ2n) is 7.61. The molecule has 34 heavy (non-hydrogen) atoms. The van der Waals surface area contributed by atoms with E-state index in [1.807, 2.05) is 24.3 Å². The van der Waals surface area contributed by atoms with Gasteiger partial charge in [-0.25, -0.2) is 4.79 Å². The highest BCUT2D eigenvalue weighted by Gasteiger charge is 2.24. The van der Waals surface area contributed by atoms with Crippen LogP contribution in [0.15, 0.2) is 36.4 Å². The van der Waals surface area contributed by atoms with Crippen molar-refractivity contribution in [2.24, 2.45) is 5.73 Å². The number of fused-ring (bicyclic) bond motifs is 3. The number of hydrogen-bond acceptors (Lipinski definition) is 4. The van der Waals surface area contributed by atoms with Crippen LogP contribution in [-0.2, 0) is 29.1 Å². The number of H-pyrrole nitrogens is 1. The molecule has 0 aliphatic carbocycles. The van der Waals surface area contributed by atoms with Crippen molar-refractivity contribution in [1.29, 1.82) is 0 Å². The van der Waals surface area contributed by atoms with Gasteiger partial charge in [-0.2, -0.15) is 0 Å². The molecule has 9 nitrogen and oxygen atoms in total. The SMILES string of the molecule is NCCC(=O)Nc1cc(CNC(=O)N2CCc3c([nH]c4ccc(Cl)cc34)C2)ccc1Cl.O=CO. The Kier molecular flexibility index (Phi) is 8.75. The minimum absolute atomic E-state index is 0.147. The molecule has 0 unspecified atom stereocenters. The van der Waals surface area contributed by atoms with Gasteiger partial charge in [-0.3, -0.25) is 9.59 Å². The Labute approximate surface area is 206 Å². The highest BCUT2D eigenvalue weighted by Crippen LogP contribution is 2.29. The first-order valence-electron chi connectivity index (χ1n) is 10.5. The highest BCUT2D eigenvalue weighted by atomic mass is 35.5. The molecule has 0 radical (unpaired) electrons. The van der Waals surface area contributed by atoms with Gasteiger partial charge in [-0.05, 0) is 47.9 Å². The number of carbonyl (C=O) groups excluding carboxylic acids is 2. The Morgan fingerprint density at radius 1 is 1.21 bits per heavy atom. The molecule has 0 atom stereocenters. The van der Waals surface area contributed by atoms with Crippen molar-refractivity contribution < 1.29 is 19.5 Å². The molecule has 1 aromatic heterocycles. The maximum absolute atomic E-state index is 12.7. The van der Waals surface area contributed by atoms with Crippen molar-refractivity contribution in [1.82, 2.24) is 15.2 Å². The van der Waals surface area contributed by atoms with Gasteiger partial charge in [0, 0.05) is 47.7 Å². The van der Waals surface area contributed by atoms with Crippen LogP contribution in [0.4, 0.5) is 10.5 Å². The fourth-order valence-electron chi connectivity index (χ4n) is 3.80. The summed E-state index contributed by atoms with van der Waals surface area (Å²) in [5.41, 5.74) is 10.0. The number of rotatable bonds is 5. The lowest BCUT2D eigenvalue weighted by Crippen LogP contribution is -2.42. The molecule has 2 heterocycles. The van der Waals surface area contributed by atoms with Crippen LogP contribution in [0.1, 0.15) is 23.2 Å². The lowest BCUT2D eigenvalue weighted by Gasteiger charge is -2.27. The van der Waals surface area contributed by atoms with Crippen LogP contribution >= 0.6 is 23.2 Å². The number of urea groups is 1. The van der Waals surface area contributed by atoms with Gasteiger partial charge in [0.15, 0.2) is 0 Å². The second-order valence-corrected chi connectivity index (χ2v) is 8.45. The van der Waals surface area contributed by atoms with Crippen LogP contribution in [0.2, 0.25) is 10.0 Å². The minimum atomic E-state index is -0.250. The van der Waals surface area contributed by atoms with Crippen LogP contribution in [0.25, 0.3) is 10.9 Å². The average molecular weight is 506 g/mol. The molecule has 11 heteroatoms. The van der Waals surface area contributed by atoms with E-state index in [-0.39, 0.29) is 31.4 Å². The Bertz CT molecular complexity index is 1200. The quantitative estimate of drug-likeness (QED) is 0.336. The number of aromatic amines is 1. The topological polar surface area (TPSA) is 141 Å². The number of amides is 3. The first-order valence-corrected chi connectivity index (χ1v) is 11.3. The van der Waals surface area contributed by atoms with E-state index < -0.39 is 0 Å². The van der Waals surface area contributed by atoms with Crippen LogP contribution in [0, 0.1) is 0 Å². The first-order chi connectivity index (χ1) is 16.4. The Morgan fingerprint density at radius 2 is 1.97 bits per heavy atom. The number of hydrogen-bond donors (Lipinski definition) is 5. The van der Waals surface area contributed by atoms with Crippen LogP contribution < -0.4 is 16.4 Å². The predicted molar refractivity (Wildman–Crippen MR) is 132 cm³/mol. The number of nitrogens with one attached hydrogen (secondary N) is 3. The summed E-state index contributed by atoms with van der Waals surface area (Å²) in [5.74, 6) is -0.200. The molecule has 0 saturated carbocycles. The molecule has 3 aromatic rings. The zero-order valence-corrected chi connectivity index (χ0v) is 19.7. The number of benzene rings is 2. The molecule has 0 fully saturated rings. The summed E-state index contributed by atoms with van der Waals surface area (Å²) in [6, 6.07) is 10.9. The van der Waals surface area contributed by atoms with E-state index >= 15 is 0 Å². The average Bonchev–Trinajstić information content (AvgIpc) is 3.17. The zero-order valence-electron chi connectivity index (χ0n) is 18.2. The zero-order chi connectivity index (χ0) is 24.7. The van der Waals surface area contributed by atoms with Gasteiger partial charge < -0.3 is 31.4 Å². The van der Waals surface area contributed by atoms with Crippen LogP contribution in [0.3, 0.4) is 0 Å². The summed E-state index contributed by atoms with van der Waals surface area (Å²) in [5, 5.41) is 14.8. The third kappa shape index (κ3) is 6.19. The van der Waals surface area contributed by atoms with Gasteiger partial charge in [-0.1, -0.05) is 29.3 Å². The van der Waals surface area contributed by atoms with Crippen molar-refractivity contribution in [2.45, 2.75) is 25.9 Å². The van der Waals surface area contributed by atoms with Crippen molar-refractivity contribution >= 4 is 58.2 Å². The largest absolute Gasteiger partial charge is 0.483 e.